The molecule has 2 aliphatic heterocycles. The van der Waals surface area contributed by atoms with Crippen LogP contribution in [-0.4, -0.2) is 66.1 Å². The molecule has 1 saturated carbocycles. The highest BCUT2D eigenvalue weighted by atomic mass is 15.3. The third kappa shape index (κ3) is 4.02. The van der Waals surface area contributed by atoms with E-state index in [1.54, 1.807) is 6.20 Å². The molecule has 0 bridgehead atoms. The van der Waals surface area contributed by atoms with Gasteiger partial charge in [0, 0.05) is 57.5 Å². The summed E-state index contributed by atoms with van der Waals surface area (Å²) in [5.74, 6) is 1.02. The fourth-order valence-corrected chi connectivity index (χ4v) is 5.01. The van der Waals surface area contributed by atoms with Crippen molar-refractivity contribution < 1.29 is 0 Å². The van der Waals surface area contributed by atoms with Crippen LogP contribution >= 0.6 is 0 Å². The lowest BCUT2D eigenvalue weighted by Crippen LogP contribution is -2.55. The van der Waals surface area contributed by atoms with Gasteiger partial charge in [-0.15, -0.1) is 0 Å². The van der Waals surface area contributed by atoms with Crippen LogP contribution in [0.15, 0.2) is 18.3 Å². The SMILES string of the molecule is N#Cc1ccc(N2CCC(N3CCN(C4CCCCC4)CC3)CC2)nc1. The van der Waals surface area contributed by atoms with E-state index in [2.05, 4.69) is 25.8 Å². The van der Waals surface area contributed by atoms with Crippen molar-refractivity contribution in [1.82, 2.24) is 14.8 Å². The number of nitriles is 1. The van der Waals surface area contributed by atoms with Crippen LogP contribution in [0, 0.1) is 11.3 Å². The van der Waals surface area contributed by atoms with Crippen molar-refractivity contribution in [3.63, 3.8) is 0 Å². The standard InChI is InChI=1S/C21H31N5/c22-16-18-6-7-21(23-17-18)26-10-8-20(9-11-26)25-14-12-24(13-15-25)19-4-2-1-3-5-19/h6-7,17,19-20H,1-5,8-15H2. The summed E-state index contributed by atoms with van der Waals surface area (Å²) in [4.78, 5) is 12.3. The summed E-state index contributed by atoms with van der Waals surface area (Å²) in [5, 5.41) is 8.91. The first-order chi connectivity index (χ1) is 12.8. The molecule has 0 aromatic carbocycles. The van der Waals surface area contributed by atoms with E-state index in [-0.39, 0.29) is 0 Å². The van der Waals surface area contributed by atoms with Crippen LogP contribution in [0.25, 0.3) is 0 Å². The topological polar surface area (TPSA) is 46.4 Å². The molecule has 0 unspecified atom stereocenters. The number of hydrogen-bond acceptors (Lipinski definition) is 5. The molecule has 0 N–H and O–H groups in total. The van der Waals surface area contributed by atoms with Gasteiger partial charge >= 0.3 is 0 Å². The van der Waals surface area contributed by atoms with E-state index in [4.69, 9.17) is 5.26 Å². The summed E-state index contributed by atoms with van der Waals surface area (Å²) in [6, 6.07) is 7.61. The highest BCUT2D eigenvalue weighted by Gasteiger charge is 2.30. The van der Waals surface area contributed by atoms with Gasteiger partial charge < -0.3 is 4.90 Å². The van der Waals surface area contributed by atoms with Crippen molar-refractivity contribution in [3.05, 3.63) is 23.9 Å². The van der Waals surface area contributed by atoms with Gasteiger partial charge in [-0.25, -0.2) is 4.98 Å². The van der Waals surface area contributed by atoms with Gasteiger partial charge in [0.15, 0.2) is 0 Å². The largest absolute Gasteiger partial charge is 0.357 e. The lowest BCUT2D eigenvalue weighted by Gasteiger charge is -2.45. The van der Waals surface area contributed by atoms with Gasteiger partial charge in [-0.05, 0) is 37.8 Å². The number of aromatic nitrogens is 1. The van der Waals surface area contributed by atoms with Crippen molar-refractivity contribution in [2.24, 2.45) is 0 Å². The molecule has 3 aliphatic rings. The Bertz CT molecular complexity index is 600. The number of anilines is 1. The molecule has 5 nitrogen and oxygen atoms in total. The van der Waals surface area contributed by atoms with Crippen LogP contribution < -0.4 is 4.90 Å². The first-order valence-electron chi connectivity index (χ1n) is 10.4. The van der Waals surface area contributed by atoms with E-state index in [1.165, 1.54) is 71.1 Å². The lowest BCUT2D eigenvalue weighted by molar-refractivity contribution is 0.0499. The maximum absolute atomic E-state index is 8.91. The monoisotopic (exact) mass is 353 g/mol. The maximum atomic E-state index is 8.91. The number of rotatable bonds is 3. The van der Waals surface area contributed by atoms with Gasteiger partial charge in [0.2, 0.25) is 0 Å². The average Bonchev–Trinajstić information content (AvgIpc) is 2.75. The summed E-state index contributed by atoms with van der Waals surface area (Å²) >= 11 is 0. The number of nitrogens with zero attached hydrogens (tertiary/aromatic N) is 5. The average molecular weight is 354 g/mol. The van der Waals surface area contributed by atoms with E-state index in [9.17, 15) is 0 Å². The molecule has 3 heterocycles. The molecule has 140 valence electrons. The van der Waals surface area contributed by atoms with Crippen LogP contribution in [0.3, 0.4) is 0 Å². The minimum atomic E-state index is 0.638. The molecule has 4 rings (SSSR count). The smallest absolute Gasteiger partial charge is 0.128 e. The molecular weight excluding hydrogens is 322 g/mol. The zero-order valence-corrected chi connectivity index (χ0v) is 15.8. The van der Waals surface area contributed by atoms with E-state index in [0.29, 0.717) is 5.56 Å². The zero-order chi connectivity index (χ0) is 17.8. The predicted molar refractivity (Wildman–Crippen MR) is 104 cm³/mol. The Labute approximate surface area is 157 Å². The first kappa shape index (κ1) is 17.8. The normalized spacial score (nSPS) is 24.5. The Balaban J connectivity index is 1.24. The van der Waals surface area contributed by atoms with Gasteiger partial charge in [-0.1, -0.05) is 19.3 Å². The molecular formula is C21H31N5. The van der Waals surface area contributed by atoms with Crippen LogP contribution in [-0.2, 0) is 0 Å². The zero-order valence-electron chi connectivity index (χ0n) is 15.8. The van der Waals surface area contributed by atoms with Crippen LogP contribution in [0.5, 0.6) is 0 Å². The number of pyridine rings is 1. The molecule has 26 heavy (non-hydrogen) atoms. The van der Waals surface area contributed by atoms with Gasteiger partial charge in [-0.2, -0.15) is 5.26 Å². The Kier molecular flexibility index (Phi) is 5.72. The Hall–Kier alpha value is -1.64. The van der Waals surface area contributed by atoms with Crippen LogP contribution in [0.2, 0.25) is 0 Å². The quantitative estimate of drug-likeness (QED) is 0.836. The highest BCUT2D eigenvalue weighted by molar-refractivity contribution is 5.42. The third-order valence-corrected chi connectivity index (χ3v) is 6.62. The molecule has 1 aromatic heterocycles. The van der Waals surface area contributed by atoms with Crippen molar-refractivity contribution in [1.29, 1.82) is 5.26 Å². The molecule has 0 radical (unpaired) electrons. The molecule has 2 saturated heterocycles. The maximum Gasteiger partial charge on any atom is 0.128 e. The predicted octanol–water partition coefficient (Wildman–Crippen LogP) is 2.87. The van der Waals surface area contributed by atoms with Crippen molar-refractivity contribution >= 4 is 5.82 Å². The van der Waals surface area contributed by atoms with Gasteiger partial charge in [0.05, 0.1) is 5.56 Å². The van der Waals surface area contributed by atoms with Crippen molar-refractivity contribution in [2.75, 3.05) is 44.2 Å². The van der Waals surface area contributed by atoms with Gasteiger partial charge in [0.25, 0.3) is 0 Å². The van der Waals surface area contributed by atoms with E-state index < -0.39 is 0 Å². The number of hydrogen-bond donors (Lipinski definition) is 0. The second-order valence-electron chi connectivity index (χ2n) is 8.10. The minimum absolute atomic E-state index is 0.638. The molecule has 0 spiro atoms. The summed E-state index contributed by atoms with van der Waals surface area (Å²) in [5.41, 5.74) is 0.638. The summed E-state index contributed by atoms with van der Waals surface area (Å²) in [6.07, 6.45) is 11.3. The first-order valence-corrected chi connectivity index (χ1v) is 10.4. The fourth-order valence-electron chi connectivity index (χ4n) is 5.01. The van der Waals surface area contributed by atoms with Crippen molar-refractivity contribution in [2.45, 2.75) is 57.0 Å². The highest BCUT2D eigenvalue weighted by Crippen LogP contribution is 2.26. The lowest BCUT2D eigenvalue weighted by atomic mass is 9.93. The second-order valence-corrected chi connectivity index (χ2v) is 8.10. The minimum Gasteiger partial charge on any atom is -0.357 e. The van der Waals surface area contributed by atoms with Crippen LogP contribution in [0.4, 0.5) is 5.82 Å². The summed E-state index contributed by atoms with van der Waals surface area (Å²) in [7, 11) is 0. The Morgan fingerprint density at radius 2 is 1.42 bits per heavy atom. The molecule has 1 aliphatic carbocycles. The Morgan fingerprint density at radius 3 is 1.96 bits per heavy atom. The number of piperazine rings is 1. The molecule has 3 fully saturated rings. The van der Waals surface area contributed by atoms with Crippen molar-refractivity contribution in [3.8, 4) is 6.07 Å². The summed E-state index contributed by atoms with van der Waals surface area (Å²) in [6.45, 7) is 7.18. The van der Waals surface area contributed by atoms with E-state index in [1.807, 2.05) is 12.1 Å². The van der Waals surface area contributed by atoms with Crippen LogP contribution in [0.1, 0.15) is 50.5 Å². The second kappa shape index (κ2) is 8.37. The number of piperidine rings is 1. The molecule has 0 amide bonds. The van der Waals surface area contributed by atoms with E-state index in [0.717, 1.165) is 31.0 Å². The third-order valence-electron chi connectivity index (χ3n) is 6.62. The molecule has 0 atom stereocenters. The molecule has 5 heteroatoms. The van der Waals surface area contributed by atoms with E-state index >= 15 is 0 Å². The van der Waals surface area contributed by atoms with Gasteiger partial charge in [-0.3, -0.25) is 9.80 Å². The fraction of sp³-hybridized carbons (Fsp3) is 0.714. The molecule has 1 aromatic rings. The van der Waals surface area contributed by atoms with Gasteiger partial charge in [0.1, 0.15) is 11.9 Å². The summed E-state index contributed by atoms with van der Waals surface area (Å²) < 4.78 is 0. The Morgan fingerprint density at radius 1 is 0.808 bits per heavy atom.